The molecule has 2 N–H and O–H groups in total. The third kappa shape index (κ3) is 4.37. The predicted octanol–water partition coefficient (Wildman–Crippen LogP) is 3.39. The molecule has 1 amide bonds. The first-order chi connectivity index (χ1) is 18.5. The molecule has 1 unspecified atom stereocenters. The fourth-order valence-corrected chi connectivity index (χ4v) is 6.51. The minimum Gasteiger partial charge on any atom is -0.472 e. The van der Waals surface area contributed by atoms with Gasteiger partial charge >= 0.3 is 0 Å². The Hall–Kier alpha value is -4.31. The number of nitrogens with zero attached hydrogens (tertiary/aromatic N) is 3. The number of hydrogen-bond donors (Lipinski definition) is 2. The number of nitrogens with one attached hydrogen (secondary N) is 2. The van der Waals surface area contributed by atoms with Gasteiger partial charge in [0, 0.05) is 47.6 Å². The van der Waals surface area contributed by atoms with Crippen LogP contribution in [0.2, 0.25) is 0 Å². The van der Waals surface area contributed by atoms with E-state index in [1.807, 2.05) is 24.3 Å². The van der Waals surface area contributed by atoms with Crippen LogP contribution in [-0.2, 0) is 10.0 Å². The van der Waals surface area contributed by atoms with Crippen molar-refractivity contribution in [3.05, 3.63) is 108 Å². The first-order valence-electron chi connectivity index (χ1n) is 12.5. The first kappa shape index (κ1) is 24.1. The van der Waals surface area contributed by atoms with Crippen molar-refractivity contribution < 1.29 is 17.6 Å². The minimum absolute atomic E-state index is 0.0556. The Morgan fingerprint density at radius 3 is 2.39 bits per heavy atom. The van der Waals surface area contributed by atoms with Gasteiger partial charge in [0.05, 0.1) is 23.8 Å². The first-order valence-corrected chi connectivity index (χ1v) is 13.9. The zero-order valence-corrected chi connectivity index (χ0v) is 21.3. The summed E-state index contributed by atoms with van der Waals surface area (Å²) in [7, 11) is -3.85. The summed E-state index contributed by atoms with van der Waals surface area (Å²) in [5.74, 6) is 0.743. The van der Waals surface area contributed by atoms with E-state index in [4.69, 9.17) is 4.42 Å². The molecular formula is C28H27N5O4S. The van der Waals surface area contributed by atoms with Gasteiger partial charge in [-0.3, -0.25) is 4.79 Å². The highest BCUT2D eigenvalue weighted by molar-refractivity contribution is 7.89. The third-order valence-electron chi connectivity index (χ3n) is 7.05. The predicted molar refractivity (Wildman–Crippen MR) is 143 cm³/mol. The Morgan fingerprint density at radius 1 is 1.00 bits per heavy atom. The molecule has 0 spiro atoms. The van der Waals surface area contributed by atoms with Crippen molar-refractivity contribution in [3.63, 3.8) is 0 Å². The van der Waals surface area contributed by atoms with E-state index in [1.165, 1.54) is 4.31 Å². The van der Waals surface area contributed by atoms with Crippen LogP contribution in [-0.4, -0.2) is 55.2 Å². The number of aliphatic imine (C=N–C) groups is 1. The van der Waals surface area contributed by atoms with Crippen LogP contribution in [0, 0.1) is 0 Å². The summed E-state index contributed by atoms with van der Waals surface area (Å²) in [5.41, 5.74) is 2.94. The van der Waals surface area contributed by atoms with E-state index >= 15 is 0 Å². The van der Waals surface area contributed by atoms with E-state index in [1.54, 1.807) is 67.5 Å². The van der Waals surface area contributed by atoms with Crippen molar-refractivity contribution in [1.82, 2.24) is 19.8 Å². The summed E-state index contributed by atoms with van der Waals surface area (Å²) in [6.07, 6.45) is 7.16. The molecule has 1 atom stereocenters. The molecule has 9 nitrogen and oxygen atoms in total. The molecular weight excluding hydrogens is 502 g/mol. The second kappa shape index (κ2) is 9.86. The molecule has 3 aromatic rings. The van der Waals surface area contributed by atoms with E-state index in [0.717, 1.165) is 35.4 Å². The molecule has 1 saturated heterocycles. The van der Waals surface area contributed by atoms with Gasteiger partial charge in [0.25, 0.3) is 15.9 Å². The Morgan fingerprint density at radius 2 is 1.71 bits per heavy atom. The summed E-state index contributed by atoms with van der Waals surface area (Å²) < 4.78 is 33.9. The topological polar surface area (TPSA) is 107 Å². The van der Waals surface area contributed by atoms with Crippen molar-refractivity contribution in [2.45, 2.75) is 29.9 Å². The molecule has 4 heterocycles. The number of fused-ring (bicyclic) bond motifs is 1. The summed E-state index contributed by atoms with van der Waals surface area (Å²) in [6.45, 7) is 1.38. The number of carbonyl (C=O) groups is 1. The third-order valence-corrected chi connectivity index (χ3v) is 8.78. The van der Waals surface area contributed by atoms with Crippen LogP contribution in [0.25, 0.3) is 5.57 Å². The number of piperidine rings is 1. The van der Waals surface area contributed by atoms with E-state index in [2.05, 4.69) is 20.5 Å². The fraction of sp³-hybridized carbons (Fsp3) is 0.214. The number of furan rings is 1. The summed E-state index contributed by atoms with van der Waals surface area (Å²) >= 11 is 0. The van der Waals surface area contributed by atoms with Crippen LogP contribution >= 0.6 is 0 Å². The molecule has 0 saturated carbocycles. The lowest BCUT2D eigenvalue weighted by atomic mass is 9.98. The number of hydrogen-bond acceptors (Lipinski definition) is 7. The van der Waals surface area contributed by atoms with Gasteiger partial charge in [-0.1, -0.05) is 36.4 Å². The van der Waals surface area contributed by atoms with Crippen LogP contribution in [0.3, 0.4) is 0 Å². The van der Waals surface area contributed by atoms with E-state index in [9.17, 15) is 13.2 Å². The highest BCUT2D eigenvalue weighted by Crippen LogP contribution is 2.42. The quantitative estimate of drug-likeness (QED) is 0.507. The molecule has 0 bridgehead atoms. The normalized spacial score (nSPS) is 19.7. The summed E-state index contributed by atoms with van der Waals surface area (Å²) in [4.78, 5) is 19.6. The van der Waals surface area contributed by atoms with Gasteiger partial charge in [-0.05, 0) is 43.2 Å². The van der Waals surface area contributed by atoms with Gasteiger partial charge in [-0.25, -0.2) is 17.7 Å². The van der Waals surface area contributed by atoms with E-state index in [0.29, 0.717) is 18.7 Å². The van der Waals surface area contributed by atoms with E-state index < -0.39 is 16.2 Å². The van der Waals surface area contributed by atoms with E-state index in [-0.39, 0.29) is 16.8 Å². The maximum Gasteiger partial charge on any atom is 0.265 e. The van der Waals surface area contributed by atoms with Crippen LogP contribution in [0.5, 0.6) is 0 Å². The van der Waals surface area contributed by atoms with Crippen molar-refractivity contribution >= 4 is 27.8 Å². The average molecular weight is 530 g/mol. The number of likely N-dealkylation sites (tertiary alicyclic amines) is 1. The van der Waals surface area contributed by atoms with Gasteiger partial charge < -0.3 is 20.0 Å². The maximum absolute atomic E-state index is 13.6. The van der Waals surface area contributed by atoms with Gasteiger partial charge in [0.15, 0.2) is 6.17 Å². The Kier molecular flexibility index (Phi) is 6.24. The Labute approximate surface area is 221 Å². The minimum atomic E-state index is -3.85. The smallest absolute Gasteiger partial charge is 0.265 e. The molecule has 0 radical (unpaired) electrons. The van der Waals surface area contributed by atoms with Crippen molar-refractivity contribution in [3.8, 4) is 0 Å². The van der Waals surface area contributed by atoms with Crippen LogP contribution in [0.15, 0.2) is 111 Å². The van der Waals surface area contributed by atoms with Crippen LogP contribution in [0.1, 0.15) is 28.8 Å². The van der Waals surface area contributed by atoms with Gasteiger partial charge in [0.2, 0.25) is 0 Å². The van der Waals surface area contributed by atoms with Crippen molar-refractivity contribution in [1.29, 1.82) is 0 Å². The molecule has 38 heavy (non-hydrogen) atoms. The molecule has 194 valence electrons. The second-order valence-corrected chi connectivity index (χ2v) is 11.2. The second-order valence-electron chi connectivity index (χ2n) is 9.36. The monoisotopic (exact) mass is 529 g/mol. The molecule has 3 aliphatic rings. The standard InChI is InChI=1S/C28H27N5O4S/c34-28(20-7-3-1-4-8-20)31-22-11-14-32(15-12-22)26-25-24(21-13-16-37-18-21)17-33(27(25)30-19-29-26)38(35,36)23-9-5-2-6-10-23/h1-10,13,16-19,22,27H,11-12,14-15H2,(H,29,30)(H,31,34). The molecule has 0 aliphatic carbocycles. The number of sulfonamides is 1. The number of benzene rings is 2. The fourth-order valence-electron chi connectivity index (χ4n) is 5.10. The lowest BCUT2D eigenvalue weighted by Gasteiger charge is -2.38. The van der Waals surface area contributed by atoms with Gasteiger partial charge in [-0.2, -0.15) is 0 Å². The zero-order chi connectivity index (χ0) is 26.1. The van der Waals surface area contributed by atoms with Crippen molar-refractivity contribution in [2.24, 2.45) is 4.99 Å². The lowest BCUT2D eigenvalue weighted by Crippen LogP contribution is -2.48. The molecule has 1 aromatic heterocycles. The Balaban J connectivity index is 1.27. The summed E-state index contributed by atoms with van der Waals surface area (Å²) in [6, 6.07) is 19.5. The number of carbonyl (C=O) groups excluding carboxylic acids is 1. The van der Waals surface area contributed by atoms with Crippen LogP contribution in [0.4, 0.5) is 0 Å². The maximum atomic E-state index is 13.6. The SMILES string of the molecule is O=C(NC1CCN(C2=C3C(c4ccoc4)=CN(S(=O)(=O)c4ccccc4)C3N=CN2)CC1)c1ccccc1. The van der Waals surface area contributed by atoms with Gasteiger partial charge in [-0.15, -0.1) is 0 Å². The number of rotatable bonds is 6. The molecule has 3 aliphatic heterocycles. The van der Waals surface area contributed by atoms with Gasteiger partial charge in [0.1, 0.15) is 5.82 Å². The summed E-state index contributed by atoms with van der Waals surface area (Å²) in [5, 5.41) is 6.42. The molecule has 6 rings (SSSR count). The molecule has 2 aromatic carbocycles. The zero-order valence-electron chi connectivity index (χ0n) is 20.5. The highest BCUT2D eigenvalue weighted by atomic mass is 32.2. The largest absolute Gasteiger partial charge is 0.472 e. The number of amides is 1. The highest BCUT2D eigenvalue weighted by Gasteiger charge is 2.42. The van der Waals surface area contributed by atoms with Crippen molar-refractivity contribution in [2.75, 3.05) is 13.1 Å². The lowest BCUT2D eigenvalue weighted by molar-refractivity contribution is 0.0917. The Bertz CT molecular complexity index is 1510. The average Bonchev–Trinajstić information content (AvgIpc) is 3.63. The van der Waals surface area contributed by atoms with Crippen LogP contribution < -0.4 is 10.6 Å². The molecule has 10 heteroatoms. The molecule has 1 fully saturated rings.